The van der Waals surface area contributed by atoms with Crippen molar-refractivity contribution < 1.29 is 18.0 Å². The van der Waals surface area contributed by atoms with Gasteiger partial charge in [0.15, 0.2) is 10.9 Å². The van der Waals surface area contributed by atoms with Crippen LogP contribution in [-0.4, -0.2) is 25.7 Å². The number of ketones is 1. The molecule has 3 aromatic heterocycles. The van der Waals surface area contributed by atoms with Crippen molar-refractivity contribution in [2.24, 2.45) is 0 Å². The molecular weight excluding hydrogens is 627 g/mol. The quantitative estimate of drug-likeness (QED) is 0.0983. The third kappa shape index (κ3) is 5.49. The Bertz CT molecular complexity index is 2090. The van der Waals surface area contributed by atoms with Crippen LogP contribution in [0.1, 0.15) is 27.3 Å². The molecule has 0 N–H and O–H groups in total. The van der Waals surface area contributed by atoms with Crippen LogP contribution in [0.2, 0.25) is 5.02 Å². The number of nitrogens with zero attached hydrogens (tertiary/aromatic N) is 3. The summed E-state index contributed by atoms with van der Waals surface area (Å²) in [5, 5.41) is 2.39. The Labute approximate surface area is 263 Å². The van der Waals surface area contributed by atoms with Gasteiger partial charge in [-0.3, -0.25) is 14.2 Å². The van der Waals surface area contributed by atoms with E-state index in [1.807, 2.05) is 66.0 Å². The van der Waals surface area contributed by atoms with E-state index in [0.717, 1.165) is 29.0 Å². The number of halogens is 4. The summed E-state index contributed by atoms with van der Waals surface area (Å²) < 4.78 is 43.7. The van der Waals surface area contributed by atoms with Gasteiger partial charge in [-0.25, -0.2) is 4.98 Å². The van der Waals surface area contributed by atoms with Crippen molar-refractivity contribution in [3.63, 3.8) is 0 Å². The van der Waals surface area contributed by atoms with Crippen molar-refractivity contribution in [3.05, 3.63) is 128 Å². The standard InChI is InChI=1S/C33H23ClF3N3O2S2/c1-19-15-24(20(2)39(19)23-13-14-27(34)26(16-23)33(35,36)37)28(41)18-44-32-38-30-29(25(17-43-30)21-9-5-3-6-10-21)31(42)40(32)22-11-7-4-8-12-22/h3-17H,18H2,1-2H3. The molecule has 11 heteroatoms. The molecule has 0 amide bonds. The number of carbonyl (C=O) groups excluding carboxylic acids is 1. The second-order valence-corrected chi connectivity index (χ2v) is 12.3. The van der Waals surface area contributed by atoms with Gasteiger partial charge in [0.1, 0.15) is 4.83 Å². The van der Waals surface area contributed by atoms with Gasteiger partial charge in [-0.1, -0.05) is 71.9 Å². The molecule has 0 aliphatic heterocycles. The fraction of sp³-hybridized carbons (Fsp3) is 0.121. The van der Waals surface area contributed by atoms with Crippen LogP contribution in [0, 0.1) is 13.8 Å². The predicted octanol–water partition coefficient (Wildman–Crippen LogP) is 9.17. The molecule has 0 saturated carbocycles. The number of rotatable bonds is 7. The number of aryl methyl sites for hydroxylation is 1. The molecule has 222 valence electrons. The van der Waals surface area contributed by atoms with E-state index in [0.29, 0.717) is 38.0 Å². The first-order valence-corrected chi connectivity index (χ1v) is 15.7. The van der Waals surface area contributed by atoms with Gasteiger partial charge >= 0.3 is 6.18 Å². The first-order chi connectivity index (χ1) is 21.0. The molecular formula is C33H23ClF3N3O2S2. The maximum Gasteiger partial charge on any atom is 0.417 e. The predicted molar refractivity (Wildman–Crippen MR) is 171 cm³/mol. The monoisotopic (exact) mass is 649 g/mol. The second kappa shape index (κ2) is 11.8. The van der Waals surface area contributed by atoms with Gasteiger partial charge in [-0.2, -0.15) is 13.2 Å². The maximum atomic E-state index is 14.0. The van der Waals surface area contributed by atoms with Crippen LogP contribution in [0.15, 0.2) is 100 Å². The van der Waals surface area contributed by atoms with E-state index in [9.17, 15) is 22.8 Å². The van der Waals surface area contributed by atoms with Gasteiger partial charge in [-0.05, 0) is 55.8 Å². The highest BCUT2D eigenvalue weighted by Gasteiger charge is 2.34. The lowest BCUT2D eigenvalue weighted by molar-refractivity contribution is -0.137. The number of Topliss-reactive ketones (excluding diaryl/α,β-unsaturated/α-hetero) is 1. The Morgan fingerprint density at radius 1 is 0.932 bits per heavy atom. The number of hydrogen-bond acceptors (Lipinski definition) is 5. The molecule has 0 atom stereocenters. The maximum absolute atomic E-state index is 14.0. The summed E-state index contributed by atoms with van der Waals surface area (Å²) in [7, 11) is 0. The summed E-state index contributed by atoms with van der Waals surface area (Å²) >= 11 is 8.33. The average molecular weight is 650 g/mol. The van der Waals surface area contributed by atoms with Crippen LogP contribution in [0.3, 0.4) is 0 Å². The van der Waals surface area contributed by atoms with Crippen molar-refractivity contribution in [2.45, 2.75) is 25.2 Å². The van der Waals surface area contributed by atoms with Crippen LogP contribution in [0.5, 0.6) is 0 Å². The minimum Gasteiger partial charge on any atom is -0.318 e. The molecule has 5 nitrogen and oxygen atoms in total. The van der Waals surface area contributed by atoms with E-state index < -0.39 is 16.8 Å². The minimum absolute atomic E-state index is 0.0413. The Hall–Kier alpha value is -4.12. The molecule has 0 radical (unpaired) electrons. The molecule has 44 heavy (non-hydrogen) atoms. The second-order valence-electron chi connectivity index (χ2n) is 10.1. The highest BCUT2D eigenvalue weighted by Crippen LogP contribution is 2.37. The van der Waals surface area contributed by atoms with Crippen molar-refractivity contribution in [1.29, 1.82) is 0 Å². The molecule has 0 saturated heterocycles. The largest absolute Gasteiger partial charge is 0.417 e. The molecule has 3 heterocycles. The fourth-order valence-electron chi connectivity index (χ4n) is 5.22. The number of aromatic nitrogens is 3. The molecule has 0 unspecified atom stereocenters. The van der Waals surface area contributed by atoms with Gasteiger partial charge in [0, 0.05) is 33.6 Å². The smallest absolute Gasteiger partial charge is 0.318 e. The van der Waals surface area contributed by atoms with Crippen LogP contribution in [0.4, 0.5) is 13.2 Å². The van der Waals surface area contributed by atoms with Gasteiger partial charge in [0.2, 0.25) is 0 Å². The zero-order valence-corrected chi connectivity index (χ0v) is 25.7. The Balaban J connectivity index is 1.37. The Morgan fingerprint density at radius 3 is 2.30 bits per heavy atom. The van der Waals surface area contributed by atoms with Crippen LogP contribution in [0.25, 0.3) is 32.7 Å². The summed E-state index contributed by atoms with van der Waals surface area (Å²) in [6.07, 6.45) is -4.62. The van der Waals surface area contributed by atoms with Crippen molar-refractivity contribution in [2.75, 3.05) is 5.75 Å². The van der Waals surface area contributed by atoms with Gasteiger partial charge in [0.05, 0.1) is 27.4 Å². The van der Waals surface area contributed by atoms with E-state index in [4.69, 9.17) is 16.6 Å². The number of fused-ring (bicyclic) bond motifs is 1. The summed E-state index contributed by atoms with van der Waals surface area (Å²) in [5.74, 6) is -0.287. The van der Waals surface area contributed by atoms with E-state index in [2.05, 4.69) is 0 Å². The highest BCUT2D eigenvalue weighted by molar-refractivity contribution is 7.99. The summed E-state index contributed by atoms with van der Waals surface area (Å²) in [5.41, 5.74) is 2.85. The summed E-state index contributed by atoms with van der Waals surface area (Å²) in [6, 6.07) is 24.1. The molecule has 3 aromatic carbocycles. The lowest BCUT2D eigenvalue weighted by Gasteiger charge is -2.14. The van der Waals surface area contributed by atoms with E-state index >= 15 is 0 Å². The summed E-state index contributed by atoms with van der Waals surface area (Å²) in [6.45, 7) is 3.41. The fourth-order valence-corrected chi connectivity index (χ4v) is 7.33. The molecule has 0 fully saturated rings. The minimum atomic E-state index is -4.62. The number of carbonyl (C=O) groups is 1. The molecule has 6 aromatic rings. The number of thiophene rings is 1. The lowest BCUT2D eigenvalue weighted by Crippen LogP contribution is -2.22. The lowest BCUT2D eigenvalue weighted by atomic mass is 10.1. The van der Waals surface area contributed by atoms with E-state index in [1.54, 1.807) is 24.5 Å². The topological polar surface area (TPSA) is 56.9 Å². The molecule has 0 spiro atoms. The number of benzene rings is 3. The third-order valence-electron chi connectivity index (χ3n) is 7.25. The molecule has 0 bridgehead atoms. The summed E-state index contributed by atoms with van der Waals surface area (Å²) in [4.78, 5) is 33.0. The first-order valence-electron chi connectivity index (χ1n) is 13.4. The van der Waals surface area contributed by atoms with Crippen LogP contribution in [-0.2, 0) is 6.18 Å². The number of alkyl halides is 3. The normalized spacial score (nSPS) is 11.8. The van der Waals surface area contributed by atoms with E-state index in [1.165, 1.54) is 28.0 Å². The van der Waals surface area contributed by atoms with Gasteiger partial charge in [0.25, 0.3) is 5.56 Å². The molecule has 0 aliphatic carbocycles. The number of hydrogen-bond donors (Lipinski definition) is 0. The third-order valence-corrected chi connectivity index (χ3v) is 9.39. The van der Waals surface area contributed by atoms with Crippen LogP contribution < -0.4 is 5.56 Å². The first kappa shape index (κ1) is 29.9. The van der Waals surface area contributed by atoms with Crippen LogP contribution >= 0.6 is 34.7 Å². The zero-order valence-electron chi connectivity index (χ0n) is 23.4. The number of thioether (sulfide) groups is 1. The highest BCUT2D eigenvalue weighted by atomic mass is 35.5. The molecule has 6 rings (SSSR count). The van der Waals surface area contributed by atoms with Gasteiger partial charge in [-0.15, -0.1) is 11.3 Å². The Morgan fingerprint density at radius 2 is 1.61 bits per heavy atom. The SMILES string of the molecule is Cc1cc(C(=O)CSc2nc3scc(-c4ccccc4)c3c(=O)n2-c2ccccc2)c(C)n1-c1ccc(Cl)c(C(F)(F)F)c1. The van der Waals surface area contributed by atoms with Crippen molar-refractivity contribution in [3.8, 4) is 22.5 Å². The van der Waals surface area contributed by atoms with E-state index in [-0.39, 0.29) is 22.8 Å². The average Bonchev–Trinajstić information content (AvgIpc) is 3.57. The zero-order chi connectivity index (χ0) is 31.2. The van der Waals surface area contributed by atoms with Gasteiger partial charge < -0.3 is 4.57 Å². The number of para-hydroxylation sites is 1. The van der Waals surface area contributed by atoms with Crippen molar-refractivity contribution >= 4 is 50.7 Å². The van der Waals surface area contributed by atoms with Crippen molar-refractivity contribution in [1.82, 2.24) is 14.1 Å². The Kier molecular flexibility index (Phi) is 8.00. The molecule has 0 aliphatic rings.